The summed E-state index contributed by atoms with van der Waals surface area (Å²) in [7, 11) is 1.11. The second-order valence-electron chi connectivity index (χ2n) is 5.61. The zero-order valence-corrected chi connectivity index (χ0v) is 13.1. The Kier molecular flexibility index (Phi) is 4.09. The van der Waals surface area contributed by atoms with Gasteiger partial charge < -0.3 is 4.74 Å². The average molecular weight is 372 g/mol. The lowest BCUT2D eigenvalue weighted by Gasteiger charge is -2.14. The van der Waals surface area contributed by atoms with Gasteiger partial charge in [-0.15, -0.1) is 0 Å². The summed E-state index contributed by atoms with van der Waals surface area (Å²) in [6.07, 6.45) is -9.33. The fraction of sp³-hybridized carbons (Fsp3) is 0.167. The second-order valence-corrected chi connectivity index (χ2v) is 5.61. The molecule has 0 bridgehead atoms. The minimum Gasteiger partial charge on any atom is -0.465 e. The lowest BCUT2D eigenvalue weighted by Crippen LogP contribution is -2.07. The number of alkyl halides is 6. The van der Waals surface area contributed by atoms with E-state index in [2.05, 4.69) is 4.74 Å². The predicted octanol–water partition coefficient (Wildman–Crippen LogP) is 5.82. The van der Waals surface area contributed by atoms with Crippen molar-refractivity contribution >= 4 is 27.5 Å². The first kappa shape index (κ1) is 18.0. The quantitative estimate of drug-likeness (QED) is 0.306. The number of hydrogen-bond donors (Lipinski definition) is 0. The molecular weight excluding hydrogens is 362 g/mol. The predicted molar refractivity (Wildman–Crippen MR) is 82.8 cm³/mol. The number of carbonyl (C=O) groups is 1. The van der Waals surface area contributed by atoms with Crippen LogP contribution in [0.2, 0.25) is 0 Å². The molecule has 3 aromatic carbocycles. The first-order valence-electron chi connectivity index (χ1n) is 7.25. The van der Waals surface area contributed by atoms with Gasteiger partial charge in [0.15, 0.2) is 0 Å². The smallest absolute Gasteiger partial charge is 0.416 e. The Bertz CT molecular complexity index is 1020. The summed E-state index contributed by atoms with van der Waals surface area (Å²) in [6, 6.07) is 6.57. The van der Waals surface area contributed by atoms with Crippen LogP contribution >= 0.6 is 0 Å². The van der Waals surface area contributed by atoms with E-state index in [1.165, 1.54) is 6.07 Å². The van der Waals surface area contributed by atoms with Crippen LogP contribution < -0.4 is 0 Å². The number of esters is 1. The van der Waals surface area contributed by atoms with Gasteiger partial charge in [-0.2, -0.15) is 26.3 Å². The third-order valence-corrected chi connectivity index (χ3v) is 4.01. The minimum atomic E-state index is -4.68. The normalized spacial score (nSPS) is 12.6. The van der Waals surface area contributed by atoms with Gasteiger partial charge in [-0.1, -0.05) is 12.1 Å². The number of fused-ring (bicyclic) bond motifs is 3. The van der Waals surface area contributed by atoms with Crippen LogP contribution in [-0.4, -0.2) is 13.1 Å². The molecule has 0 aromatic heterocycles. The molecule has 136 valence electrons. The maximum Gasteiger partial charge on any atom is 0.416 e. The number of benzene rings is 3. The Morgan fingerprint density at radius 2 is 1.31 bits per heavy atom. The minimum absolute atomic E-state index is 0.0246. The van der Waals surface area contributed by atoms with Crippen molar-refractivity contribution in [1.82, 2.24) is 0 Å². The topological polar surface area (TPSA) is 26.3 Å². The lowest BCUT2D eigenvalue weighted by atomic mass is 9.94. The molecule has 0 atom stereocenters. The van der Waals surface area contributed by atoms with E-state index in [0.717, 1.165) is 43.5 Å². The van der Waals surface area contributed by atoms with Gasteiger partial charge in [0, 0.05) is 0 Å². The molecule has 0 N–H and O–H groups in total. The average Bonchev–Trinajstić information content (AvgIpc) is 2.57. The Labute approximate surface area is 143 Å². The molecule has 3 aromatic rings. The summed E-state index contributed by atoms with van der Waals surface area (Å²) >= 11 is 0. The Morgan fingerprint density at radius 1 is 0.769 bits per heavy atom. The van der Waals surface area contributed by atoms with E-state index in [4.69, 9.17) is 0 Å². The fourth-order valence-corrected chi connectivity index (χ4v) is 2.78. The number of ether oxygens (including phenoxy) is 1. The van der Waals surface area contributed by atoms with Crippen LogP contribution in [0.25, 0.3) is 21.5 Å². The summed E-state index contributed by atoms with van der Waals surface area (Å²) in [5, 5.41) is 0.138. The van der Waals surface area contributed by atoms with E-state index >= 15 is 0 Å². The van der Waals surface area contributed by atoms with Crippen molar-refractivity contribution in [3.8, 4) is 0 Å². The van der Waals surface area contributed by atoms with Crippen molar-refractivity contribution < 1.29 is 35.9 Å². The number of carbonyl (C=O) groups excluding carboxylic acids is 1. The third-order valence-electron chi connectivity index (χ3n) is 4.01. The van der Waals surface area contributed by atoms with Crippen molar-refractivity contribution in [2.24, 2.45) is 0 Å². The van der Waals surface area contributed by atoms with Gasteiger partial charge in [-0.05, 0) is 51.9 Å². The molecule has 0 saturated carbocycles. The van der Waals surface area contributed by atoms with Crippen molar-refractivity contribution in [2.45, 2.75) is 12.4 Å². The molecule has 0 aliphatic carbocycles. The van der Waals surface area contributed by atoms with E-state index in [-0.39, 0.29) is 27.1 Å². The van der Waals surface area contributed by atoms with E-state index < -0.39 is 29.4 Å². The molecule has 0 unspecified atom stereocenters. The first-order chi connectivity index (χ1) is 12.0. The Morgan fingerprint density at radius 3 is 1.85 bits per heavy atom. The Hall–Kier alpha value is -2.77. The monoisotopic (exact) mass is 372 g/mol. The summed E-state index contributed by atoms with van der Waals surface area (Å²) in [5.74, 6) is -0.795. The number of methoxy groups -OCH3 is 1. The molecule has 8 heteroatoms. The molecular formula is C18H10F6O2. The van der Waals surface area contributed by atoms with Gasteiger partial charge in [0.1, 0.15) is 0 Å². The molecule has 0 spiro atoms. The van der Waals surface area contributed by atoms with E-state index in [0.29, 0.717) is 0 Å². The van der Waals surface area contributed by atoms with Gasteiger partial charge in [0.05, 0.1) is 23.8 Å². The summed E-state index contributed by atoms with van der Waals surface area (Å²) in [6.45, 7) is 0. The molecule has 0 saturated heterocycles. The molecule has 0 aliphatic heterocycles. The summed E-state index contributed by atoms with van der Waals surface area (Å²) in [5.41, 5.74) is -2.04. The number of hydrogen-bond acceptors (Lipinski definition) is 2. The highest BCUT2D eigenvalue weighted by molar-refractivity contribution is 6.16. The van der Waals surface area contributed by atoms with Gasteiger partial charge in [-0.3, -0.25) is 0 Å². The van der Waals surface area contributed by atoms with E-state index in [1.54, 1.807) is 0 Å². The third kappa shape index (κ3) is 3.07. The van der Waals surface area contributed by atoms with E-state index in [1.807, 2.05) is 0 Å². The molecule has 0 radical (unpaired) electrons. The van der Waals surface area contributed by atoms with Crippen LogP contribution in [-0.2, 0) is 17.1 Å². The highest BCUT2D eigenvalue weighted by Gasteiger charge is 2.32. The van der Waals surface area contributed by atoms with Gasteiger partial charge >= 0.3 is 18.3 Å². The maximum absolute atomic E-state index is 13.0. The van der Waals surface area contributed by atoms with Crippen LogP contribution in [0.3, 0.4) is 0 Å². The molecule has 2 nitrogen and oxygen atoms in total. The highest BCUT2D eigenvalue weighted by atomic mass is 19.4. The molecule has 0 amide bonds. The lowest BCUT2D eigenvalue weighted by molar-refractivity contribution is -0.138. The van der Waals surface area contributed by atoms with E-state index in [9.17, 15) is 31.1 Å². The van der Waals surface area contributed by atoms with Crippen LogP contribution in [0.4, 0.5) is 26.3 Å². The first-order valence-corrected chi connectivity index (χ1v) is 7.25. The molecule has 0 fully saturated rings. The van der Waals surface area contributed by atoms with Crippen molar-refractivity contribution in [2.75, 3.05) is 7.11 Å². The SMILES string of the molecule is COC(=O)c1cc2ccc(C(F)(F)F)cc2c2cc(C(F)(F)F)ccc12. The highest BCUT2D eigenvalue weighted by Crippen LogP contribution is 2.38. The van der Waals surface area contributed by atoms with Gasteiger partial charge in [-0.25, -0.2) is 4.79 Å². The Balaban J connectivity index is 2.45. The van der Waals surface area contributed by atoms with Crippen LogP contribution in [0.15, 0.2) is 42.5 Å². The zero-order valence-electron chi connectivity index (χ0n) is 13.1. The largest absolute Gasteiger partial charge is 0.465 e. The van der Waals surface area contributed by atoms with Gasteiger partial charge in [0.2, 0.25) is 0 Å². The van der Waals surface area contributed by atoms with Crippen LogP contribution in [0, 0.1) is 0 Å². The zero-order chi connectivity index (χ0) is 19.3. The van der Waals surface area contributed by atoms with Gasteiger partial charge in [0.25, 0.3) is 0 Å². The van der Waals surface area contributed by atoms with Crippen molar-refractivity contribution in [3.05, 3.63) is 59.2 Å². The molecule has 3 rings (SSSR count). The van der Waals surface area contributed by atoms with Crippen molar-refractivity contribution in [1.29, 1.82) is 0 Å². The molecule has 26 heavy (non-hydrogen) atoms. The second kappa shape index (κ2) is 5.89. The van der Waals surface area contributed by atoms with Crippen molar-refractivity contribution in [3.63, 3.8) is 0 Å². The standard InChI is InChI=1S/C18H10F6O2/c1-26-16(25)15-6-9-2-3-10(17(19,20)21)7-13(9)14-8-11(18(22,23)24)4-5-12(14)15/h2-8H,1H3. The molecule has 0 heterocycles. The number of halogens is 6. The van der Waals surface area contributed by atoms with Crippen LogP contribution in [0.1, 0.15) is 21.5 Å². The number of rotatable bonds is 1. The summed E-state index contributed by atoms with van der Waals surface area (Å²) in [4.78, 5) is 12.0. The molecule has 0 aliphatic rings. The van der Waals surface area contributed by atoms with Crippen LogP contribution in [0.5, 0.6) is 0 Å². The maximum atomic E-state index is 13.0. The fourth-order valence-electron chi connectivity index (χ4n) is 2.78. The summed E-state index contributed by atoms with van der Waals surface area (Å²) < 4.78 is 82.7.